The lowest BCUT2D eigenvalue weighted by Crippen LogP contribution is -2.15. The first kappa shape index (κ1) is 16.6. The van der Waals surface area contributed by atoms with Crippen molar-refractivity contribution in [2.24, 2.45) is 7.05 Å². The van der Waals surface area contributed by atoms with E-state index in [0.29, 0.717) is 10.6 Å². The van der Waals surface area contributed by atoms with Crippen molar-refractivity contribution in [2.45, 2.75) is 13.8 Å². The lowest BCUT2D eigenvalue weighted by molar-refractivity contribution is 0.0474. The van der Waals surface area contributed by atoms with E-state index in [4.69, 9.17) is 27.9 Å². The van der Waals surface area contributed by atoms with E-state index >= 15 is 0 Å². The first-order valence-electron chi connectivity index (χ1n) is 6.59. The number of rotatable bonds is 4. The minimum absolute atomic E-state index is 0.241. The van der Waals surface area contributed by atoms with E-state index in [9.17, 15) is 9.59 Å². The van der Waals surface area contributed by atoms with Crippen LogP contribution in [0, 0.1) is 13.8 Å². The van der Waals surface area contributed by atoms with Gasteiger partial charge in [-0.15, -0.1) is 0 Å². The molecule has 2 rings (SSSR count). The van der Waals surface area contributed by atoms with Gasteiger partial charge in [0.2, 0.25) is 5.78 Å². The zero-order valence-electron chi connectivity index (χ0n) is 12.4. The van der Waals surface area contributed by atoms with Crippen molar-refractivity contribution in [3.05, 3.63) is 56.8 Å². The predicted molar refractivity (Wildman–Crippen MR) is 86.0 cm³/mol. The van der Waals surface area contributed by atoms with Crippen molar-refractivity contribution in [3.8, 4) is 0 Å². The second kappa shape index (κ2) is 6.55. The number of benzene rings is 1. The number of Topliss-reactive ketones (excluding diaryl/α,β-unsaturated/α-hetero) is 1. The van der Waals surface area contributed by atoms with Crippen molar-refractivity contribution >= 4 is 35.0 Å². The summed E-state index contributed by atoms with van der Waals surface area (Å²) in [5.74, 6) is -0.855. The topological polar surface area (TPSA) is 48.3 Å². The van der Waals surface area contributed by atoms with Crippen LogP contribution in [0.5, 0.6) is 0 Å². The van der Waals surface area contributed by atoms with Gasteiger partial charge < -0.3 is 9.30 Å². The molecule has 0 aliphatic heterocycles. The Morgan fingerprint density at radius 3 is 2.36 bits per heavy atom. The average molecular weight is 340 g/mol. The molecule has 0 aliphatic carbocycles. The molecule has 0 aliphatic rings. The standard InChI is InChI=1S/C16H15Cl2NO3/c1-9-6-12(10(2)19(9)3)15(20)8-22-16(21)11-4-5-13(17)14(18)7-11/h4-7H,8H2,1-3H3. The van der Waals surface area contributed by atoms with E-state index in [1.165, 1.54) is 18.2 Å². The predicted octanol–water partition coefficient (Wildman–Crippen LogP) is 3.99. The highest BCUT2D eigenvalue weighted by Crippen LogP contribution is 2.23. The molecular weight excluding hydrogens is 325 g/mol. The third kappa shape index (κ3) is 3.34. The molecule has 0 N–H and O–H groups in total. The van der Waals surface area contributed by atoms with E-state index in [1.807, 2.05) is 25.5 Å². The molecule has 0 atom stereocenters. The molecule has 0 unspecified atom stereocenters. The molecule has 6 heteroatoms. The molecule has 0 fully saturated rings. The summed E-state index contributed by atoms with van der Waals surface area (Å²) in [5, 5.41) is 0.613. The highest BCUT2D eigenvalue weighted by Gasteiger charge is 2.17. The molecule has 0 amide bonds. The highest BCUT2D eigenvalue weighted by atomic mass is 35.5. The van der Waals surface area contributed by atoms with Gasteiger partial charge in [-0.3, -0.25) is 4.79 Å². The molecule has 2 aromatic rings. The highest BCUT2D eigenvalue weighted by molar-refractivity contribution is 6.42. The molecule has 0 saturated carbocycles. The van der Waals surface area contributed by atoms with Gasteiger partial charge in [-0.05, 0) is 38.1 Å². The zero-order chi connectivity index (χ0) is 16.4. The van der Waals surface area contributed by atoms with Gasteiger partial charge in [0.25, 0.3) is 0 Å². The molecule has 1 aromatic carbocycles. The second-order valence-electron chi connectivity index (χ2n) is 4.97. The Morgan fingerprint density at radius 2 is 1.82 bits per heavy atom. The maximum Gasteiger partial charge on any atom is 0.338 e. The fraction of sp³-hybridized carbons (Fsp3) is 0.250. The zero-order valence-corrected chi connectivity index (χ0v) is 14.0. The number of esters is 1. The molecular formula is C16H15Cl2NO3. The van der Waals surface area contributed by atoms with Crippen LogP contribution in [0.2, 0.25) is 10.0 Å². The summed E-state index contributed by atoms with van der Waals surface area (Å²) in [6, 6.07) is 6.20. The Bertz CT molecular complexity index is 750. The van der Waals surface area contributed by atoms with Gasteiger partial charge in [0.15, 0.2) is 6.61 Å². The molecule has 0 saturated heterocycles. The van der Waals surface area contributed by atoms with Gasteiger partial charge >= 0.3 is 5.97 Å². The number of halogens is 2. The third-order valence-corrected chi connectivity index (χ3v) is 4.30. The largest absolute Gasteiger partial charge is 0.454 e. The molecule has 0 spiro atoms. The quantitative estimate of drug-likeness (QED) is 0.625. The first-order chi connectivity index (χ1) is 10.3. The van der Waals surface area contributed by atoms with Crippen LogP contribution in [0.1, 0.15) is 32.1 Å². The number of carbonyl (C=O) groups excluding carboxylic acids is 2. The molecule has 0 radical (unpaired) electrons. The Hall–Kier alpha value is -1.78. The Labute approximate surface area is 138 Å². The van der Waals surface area contributed by atoms with Gasteiger partial charge in [-0.2, -0.15) is 0 Å². The molecule has 4 nitrogen and oxygen atoms in total. The Morgan fingerprint density at radius 1 is 1.14 bits per heavy atom. The fourth-order valence-electron chi connectivity index (χ4n) is 2.05. The Kier molecular flexibility index (Phi) is 4.94. The average Bonchev–Trinajstić information content (AvgIpc) is 2.75. The first-order valence-corrected chi connectivity index (χ1v) is 7.35. The van der Waals surface area contributed by atoms with Gasteiger partial charge in [0.05, 0.1) is 15.6 Å². The van der Waals surface area contributed by atoms with Crippen LogP contribution in [0.4, 0.5) is 0 Å². The number of ether oxygens (including phenoxy) is 1. The van der Waals surface area contributed by atoms with E-state index < -0.39 is 5.97 Å². The lowest BCUT2D eigenvalue weighted by Gasteiger charge is -2.06. The van der Waals surface area contributed by atoms with Gasteiger partial charge in [0, 0.05) is 24.0 Å². The summed E-state index contributed by atoms with van der Waals surface area (Å²) in [7, 11) is 1.88. The van der Waals surface area contributed by atoms with Crippen molar-refractivity contribution in [3.63, 3.8) is 0 Å². The molecule has 1 heterocycles. The number of aryl methyl sites for hydroxylation is 1. The van der Waals surface area contributed by atoms with Crippen LogP contribution < -0.4 is 0 Å². The number of hydrogen-bond acceptors (Lipinski definition) is 3. The minimum Gasteiger partial charge on any atom is -0.454 e. The van der Waals surface area contributed by atoms with Crippen molar-refractivity contribution in [2.75, 3.05) is 6.61 Å². The summed E-state index contributed by atoms with van der Waals surface area (Å²) in [6.07, 6.45) is 0. The normalized spacial score (nSPS) is 10.6. The summed E-state index contributed by atoms with van der Waals surface area (Å²) in [6.45, 7) is 3.44. The van der Waals surface area contributed by atoms with E-state index in [0.717, 1.165) is 11.4 Å². The second-order valence-corrected chi connectivity index (χ2v) is 5.79. The summed E-state index contributed by atoms with van der Waals surface area (Å²) >= 11 is 11.6. The number of aromatic nitrogens is 1. The summed E-state index contributed by atoms with van der Waals surface area (Å²) < 4.78 is 6.95. The SMILES string of the molecule is Cc1cc(C(=O)COC(=O)c2ccc(Cl)c(Cl)c2)c(C)n1C. The Balaban J connectivity index is 2.05. The molecule has 0 bridgehead atoms. The van der Waals surface area contributed by atoms with Crippen LogP contribution in [0.3, 0.4) is 0 Å². The van der Waals surface area contributed by atoms with Crippen LogP contribution in [-0.2, 0) is 11.8 Å². The maximum atomic E-state index is 12.2. The molecule has 116 valence electrons. The van der Waals surface area contributed by atoms with Crippen LogP contribution in [-0.4, -0.2) is 22.9 Å². The van der Waals surface area contributed by atoms with E-state index in [1.54, 1.807) is 6.07 Å². The number of nitrogens with zero attached hydrogens (tertiary/aromatic N) is 1. The van der Waals surface area contributed by atoms with Crippen LogP contribution >= 0.6 is 23.2 Å². The molecule has 1 aromatic heterocycles. The van der Waals surface area contributed by atoms with Crippen LogP contribution in [0.25, 0.3) is 0 Å². The maximum absolute atomic E-state index is 12.2. The van der Waals surface area contributed by atoms with Crippen molar-refractivity contribution in [1.29, 1.82) is 0 Å². The monoisotopic (exact) mass is 339 g/mol. The van der Waals surface area contributed by atoms with Gasteiger partial charge in [0.1, 0.15) is 0 Å². The van der Waals surface area contributed by atoms with E-state index in [-0.39, 0.29) is 23.0 Å². The van der Waals surface area contributed by atoms with Gasteiger partial charge in [-0.1, -0.05) is 23.2 Å². The summed E-state index contributed by atoms with van der Waals surface area (Å²) in [5.41, 5.74) is 2.62. The van der Waals surface area contributed by atoms with Crippen molar-refractivity contribution in [1.82, 2.24) is 4.57 Å². The summed E-state index contributed by atoms with van der Waals surface area (Å²) in [4.78, 5) is 24.1. The van der Waals surface area contributed by atoms with Crippen LogP contribution in [0.15, 0.2) is 24.3 Å². The number of hydrogen-bond donors (Lipinski definition) is 0. The molecule has 22 heavy (non-hydrogen) atoms. The van der Waals surface area contributed by atoms with Gasteiger partial charge in [-0.25, -0.2) is 4.79 Å². The van der Waals surface area contributed by atoms with Crippen molar-refractivity contribution < 1.29 is 14.3 Å². The van der Waals surface area contributed by atoms with E-state index in [2.05, 4.69) is 0 Å². The smallest absolute Gasteiger partial charge is 0.338 e. The fourth-order valence-corrected chi connectivity index (χ4v) is 2.35. The minimum atomic E-state index is -0.614. The number of carbonyl (C=O) groups is 2. The third-order valence-electron chi connectivity index (χ3n) is 3.57. The lowest BCUT2D eigenvalue weighted by atomic mass is 10.1. The number of ketones is 1.